The van der Waals surface area contributed by atoms with Crippen LogP contribution in [0.1, 0.15) is 36.9 Å². The van der Waals surface area contributed by atoms with Crippen molar-refractivity contribution in [2.45, 2.75) is 38.1 Å². The van der Waals surface area contributed by atoms with Gasteiger partial charge in [-0.2, -0.15) is 13.2 Å². The Morgan fingerprint density at radius 1 is 1.30 bits per heavy atom. The Hall–Kier alpha value is -1.07. The van der Waals surface area contributed by atoms with Crippen molar-refractivity contribution in [3.8, 4) is 0 Å². The lowest BCUT2D eigenvalue weighted by molar-refractivity contribution is -0.138. The first-order valence-corrected chi connectivity index (χ1v) is 6.94. The van der Waals surface area contributed by atoms with E-state index in [4.69, 9.17) is 4.74 Å². The normalized spacial score (nSPS) is 18.9. The summed E-state index contributed by atoms with van der Waals surface area (Å²) in [7, 11) is 1.69. The summed E-state index contributed by atoms with van der Waals surface area (Å²) in [5.74, 6) is 0.355. The number of hydrogen-bond donors (Lipinski definition) is 1. The van der Waals surface area contributed by atoms with Gasteiger partial charge in [-0.25, -0.2) is 0 Å². The monoisotopic (exact) mass is 287 g/mol. The van der Waals surface area contributed by atoms with Crippen molar-refractivity contribution < 1.29 is 17.9 Å². The fourth-order valence-electron chi connectivity index (χ4n) is 2.64. The van der Waals surface area contributed by atoms with Crippen molar-refractivity contribution in [3.05, 3.63) is 35.4 Å². The highest BCUT2D eigenvalue weighted by Gasteiger charge is 2.41. The zero-order valence-electron chi connectivity index (χ0n) is 11.7. The van der Waals surface area contributed by atoms with E-state index in [2.05, 4.69) is 5.32 Å². The van der Waals surface area contributed by atoms with E-state index in [0.717, 1.165) is 18.9 Å². The Morgan fingerprint density at radius 3 is 2.45 bits per heavy atom. The first-order valence-electron chi connectivity index (χ1n) is 6.94. The third-order valence-electron chi connectivity index (χ3n) is 3.69. The van der Waals surface area contributed by atoms with E-state index in [1.165, 1.54) is 6.07 Å². The van der Waals surface area contributed by atoms with E-state index in [-0.39, 0.29) is 11.7 Å². The van der Waals surface area contributed by atoms with Crippen molar-refractivity contribution in [2.24, 2.45) is 5.92 Å². The molecule has 0 heterocycles. The first-order chi connectivity index (χ1) is 9.49. The molecule has 2 nitrogen and oxygen atoms in total. The second-order valence-corrected chi connectivity index (χ2v) is 5.11. The van der Waals surface area contributed by atoms with E-state index in [1.807, 2.05) is 6.92 Å². The number of nitrogens with one attached hydrogen (secondary N) is 1. The van der Waals surface area contributed by atoms with Gasteiger partial charge in [-0.1, -0.05) is 18.2 Å². The molecule has 0 radical (unpaired) electrons. The molecule has 112 valence electrons. The van der Waals surface area contributed by atoms with Gasteiger partial charge in [0.15, 0.2) is 0 Å². The molecule has 0 aromatic heterocycles. The lowest BCUT2D eigenvalue weighted by Crippen LogP contribution is -2.35. The molecule has 2 rings (SSSR count). The van der Waals surface area contributed by atoms with Crippen LogP contribution in [0.15, 0.2) is 24.3 Å². The molecule has 0 aliphatic heterocycles. The minimum Gasteiger partial charge on any atom is -0.376 e. The van der Waals surface area contributed by atoms with Crippen LogP contribution in [-0.4, -0.2) is 19.8 Å². The summed E-state index contributed by atoms with van der Waals surface area (Å²) >= 11 is 0. The zero-order valence-corrected chi connectivity index (χ0v) is 11.7. The Morgan fingerprint density at radius 2 is 1.95 bits per heavy atom. The smallest absolute Gasteiger partial charge is 0.376 e. The molecular weight excluding hydrogens is 267 g/mol. The number of likely N-dealkylation sites (N-methyl/N-ethyl adjacent to an activating group) is 1. The van der Waals surface area contributed by atoms with Crippen LogP contribution in [0.25, 0.3) is 0 Å². The van der Waals surface area contributed by atoms with E-state index in [9.17, 15) is 13.2 Å². The lowest BCUT2D eigenvalue weighted by atomic mass is 9.93. The maximum Gasteiger partial charge on any atom is 0.416 e. The molecular formula is C15H20F3NO. The van der Waals surface area contributed by atoms with Gasteiger partial charge in [0.2, 0.25) is 0 Å². The average Bonchev–Trinajstić information content (AvgIpc) is 3.22. The van der Waals surface area contributed by atoms with Crippen molar-refractivity contribution in [2.75, 3.05) is 13.7 Å². The van der Waals surface area contributed by atoms with Gasteiger partial charge < -0.3 is 10.1 Å². The van der Waals surface area contributed by atoms with Crippen LogP contribution in [-0.2, 0) is 10.9 Å². The molecule has 2 atom stereocenters. The molecule has 1 aromatic rings. The standard InChI is InChI=1S/C15H20F3NO/c1-3-20-14(10-8-9-10)13(19-2)11-6-4-5-7-12(11)15(16,17)18/h4-7,10,13-14,19H,3,8-9H2,1-2H3. The molecule has 0 saturated heterocycles. The van der Waals surface area contributed by atoms with Crippen molar-refractivity contribution in [3.63, 3.8) is 0 Å². The van der Waals surface area contributed by atoms with E-state index >= 15 is 0 Å². The quantitative estimate of drug-likeness (QED) is 0.859. The maximum absolute atomic E-state index is 13.1. The molecule has 2 unspecified atom stereocenters. The molecule has 5 heteroatoms. The Bertz CT molecular complexity index is 443. The van der Waals surface area contributed by atoms with Gasteiger partial charge in [-0.15, -0.1) is 0 Å². The summed E-state index contributed by atoms with van der Waals surface area (Å²) in [4.78, 5) is 0. The molecule has 1 N–H and O–H groups in total. The highest BCUT2D eigenvalue weighted by molar-refractivity contribution is 5.33. The van der Waals surface area contributed by atoms with Crippen LogP contribution in [0, 0.1) is 5.92 Å². The second-order valence-electron chi connectivity index (χ2n) is 5.11. The molecule has 0 spiro atoms. The fourth-order valence-corrected chi connectivity index (χ4v) is 2.64. The molecule has 1 fully saturated rings. The lowest BCUT2D eigenvalue weighted by Gasteiger charge is -2.29. The number of rotatable bonds is 6. The summed E-state index contributed by atoms with van der Waals surface area (Å²) in [5.41, 5.74) is -0.308. The second kappa shape index (κ2) is 6.14. The van der Waals surface area contributed by atoms with Crippen molar-refractivity contribution in [1.29, 1.82) is 0 Å². The van der Waals surface area contributed by atoms with Crippen LogP contribution >= 0.6 is 0 Å². The van der Waals surface area contributed by atoms with Crippen LogP contribution in [0.2, 0.25) is 0 Å². The van der Waals surface area contributed by atoms with E-state index in [0.29, 0.717) is 12.5 Å². The number of halogens is 3. The van der Waals surface area contributed by atoms with E-state index < -0.39 is 17.8 Å². The van der Waals surface area contributed by atoms with Gasteiger partial charge in [0.05, 0.1) is 17.7 Å². The van der Waals surface area contributed by atoms with Gasteiger partial charge in [-0.3, -0.25) is 0 Å². The van der Waals surface area contributed by atoms with Gasteiger partial charge in [0, 0.05) is 6.61 Å². The average molecular weight is 287 g/mol. The third kappa shape index (κ3) is 3.33. The molecule has 1 saturated carbocycles. The molecule has 1 aromatic carbocycles. The number of alkyl halides is 3. The van der Waals surface area contributed by atoms with Crippen LogP contribution < -0.4 is 5.32 Å². The van der Waals surface area contributed by atoms with Gasteiger partial charge in [-0.05, 0) is 44.4 Å². The summed E-state index contributed by atoms with van der Waals surface area (Å²) in [6.45, 7) is 2.38. The highest BCUT2D eigenvalue weighted by Crippen LogP contribution is 2.42. The topological polar surface area (TPSA) is 21.3 Å². The van der Waals surface area contributed by atoms with E-state index in [1.54, 1.807) is 19.2 Å². The molecule has 1 aliphatic carbocycles. The number of hydrogen-bond acceptors (Lipinski definition) is 2. The largest absolute Gasteiger partial charge is 0.416 e. The summed E-state index contributed by atoms with van der Waals surface area (Å²) < 4.78 is 45.1. The van der Waals surface area contributed by atoms with Gasteiger partial charge in [0.25, 0.3) is 0 Å². The summed E-state index contributed by atoms with van der Waals surface area (Å²) in [6, 6.07) is 5.31. The zero-order chi connectivity index (χ0) is 14.8. The molecule has 1 aliphatic rings. The Kier molecular flexibility index (Phi) is 4.70. The minimum absolute atomic E-state index is 0.200. The number of ether oxygens (including phenoxy) is 1. The van der Waals surface area contributed by atoms with Crippen LogP contribution in [0.5, 0.6) is 0 Å². The minimum atomic E-state index is -4.34. The molecule has 20 heavy (non-hydrogen) atoms. The van der Waals surface area contributed by atoms with Gasteiger partial charge in [0.1, 0.15) is 0 Å². The van der Waals surface area contributed by atoms with Crippen molar-refractivity contribution >= 4 is 0 Å². The summed E-state index contributed by atoms with van der Waals surface area (Å²) in [5, 5.41) is 3.01. The number of benzene rings is 1. The summed E-state index contributed by atoms with van der Waals surface area (Å²) in [6.07, 6.45) is -2.49. The predicted molar refractivity (Wildman–Crippen MR) is 71.4 cm³/mol. The van der Waals surface area contributed by atoms with Crippen LogP contribution in [0.3, 0.4) is 0 Å². The Balaban J connectivity index is 2.35. The van der Waals surface area contributed by atoms with Crippen molar-refractivity contribution in [1.82, 2.24) is 5.32 Å². The molecule has 0 amide bonds. The first kappa shape index (κ1) is 15.3. The maximum atomic E-state index is 13.1. The van der Waals surface area contributed by atoms with Gasteiger partial charge >= 0.3 is 6.18 Å². The molecule has 0 bridgehead atoms. The predicted octanol–water partition coefficient (Wildman–Crippen LogP) is 3.78. The third-order valence-corrected chi connectivity index (χ3v) is 3.69. The SMILES string of the molecule is CCOC(C1CC1)C(NC)c1ccccc1C(F)(F)F. The highest BCUT2D eigenvalue weighted by atomic mass is 19.4. The van der Waals surface area contributed by atoms with Crippen LogP contribution in [0.4, 0.5) is 13.2 Å². The fraction of sp³-hybridized carbons (Fsp3) is 0.600. The Labute approximate surface area is 117 Å².